The van der Waals surface area contributed by atoms with Crippen molar-refractivity contribution in [3.05, 3.63) is 199 Å². The van der Waals surface area contributed by atoms with E-state index in [2.05, 4.69) is 4.90 Å². The van der Waals surface area contributed by atoms with Gasteiger partial charge >= 0.3 is 14.7 Å². The van der Waals surface area contributed by atoms with Crippen LogP contribution in [0.2, 0.25) is 0 Å². The van der Waals surface area contributed by atoms with E-state index in [1.54, 1.807) is 18.2 Å². The number of thiophene rings is 1. The Morgan fingerprint density at radius 1 is 0.540 bits per heavy atom. The van der Waals surface area contributed by atoms with E-state index in [1.807, 2.05) is 170 Å². The molecule has 63 heavy (non-hydrogen) atoms. The van der Waals surface area contributed by atoms with Gasteiger partial charge in [-0.1, -0.05) is 79.2 Å². The average Bonchev–Trinajstić information content (AvgIpc) is 3.72. The summed E-state index contributed by atoms with van der Waals surface area (Å²) in [5.74, 6) is 1.43. The molecule has 2 heterocycles. The maximum Gasteiger partial charge on any atom is 0.306 e. The molecule has 7 nitrogen and oxygen atoms in total. The Bertz CT molecular complexity index is 2790. The van der Waals surface area contributed by atoms with E-state index in [-0.39, 0.29) is 18.2 Å². The van der Waals surface area contributed by atoms with Crippen LogP contribution >= 0.6 is 38.5 Å². The van der Waals surface area contributed by atoms with Gasteiger partial charge in [-0.25, -0.2) is 0 Å². The minimum Gasteiger partial charge on any atom is -0.492 e. The molecule has 8 aromatic rings. The number of carbonyl (C=O) groups is 1. The largest absolute Gasteiger partial charge is 0.492 e. The van der Waals surface area contributed by atoms with Gasteiger partial charge in [-0.3, -0.25) is 18.8 Å². The number of piperidine rings is 1. The number of hydrogen-bond acceptors (Lipinski definition) is 8. The molecule has 318 valence electrons. The molecule has 0 aliphatic carbocycles. The van der Waals surface area contributed by atoms with E-state index < -0.39 is 14.7 Å². The van der Waals surface area contributed by atoms with E-state index in [0.29, 0.717) is 50.5 Å². The zero-order valence-corrected chi connectivity index (χ0v) is 37.9. The number of ketones is 1. The summed E-state index contributed by atoms with van der Waals surface area (Å²) in [5, 5.41) is 3.09. The molecule has 0 N–H and O–H groups in total. The minimum absolute atomic E-state index is 0. The quantitative estimate of drug-likeness (QED) is 0.0748. The van der Waals surface area contributed by atoms with Crippen LogP contribution in [0.5, 0.6) is 17.2 Å². The van der Waals surface area contributed by atoms with Gasteiger partial charge in [-0.05, 0) is 147 Å². The van der Waals surface area contributed by atoms with E-state index in [0.717, 1.165) is 45.9 Å². The molecule has 1 aliphatic heterocycles. The summed E-state index contributed by atoms with van der Waals surface area (Å²) >= 11 is 1.46. The molecule has 1 fully saturated rings. The second-order valence-corrected chi connectivity index (χ2v) is 20.9. The van der Waals surface area contributed by atoms with Crippen molar-refractivity contribution in [2.75, 3.05) is 26.2 Å². The minimum atomic E-state index is -3.56. The highest BCUT2D eigenvalue weighted by Crippen LogP contribution is 2.49. The molecule has 0 atom stereocenters. The van der Waals surface area contributed by atoms with E-state index in [9.17, 15) is 13.9 Å². The average molecular weight is 910 g/mol. The first-order chi connectivity index (χ1) is 30.4. The third-order valence-corrected chi connectivity index (χ3v) is 17.1. The highest BCUT2D eigenvalue weighted by Gasteiger charge is 2.32. The van der Waals surface area contributed by atoms with Gasteiger partial charge in [0.2, 0.25) is 0 Å². The lowest BCUT2D eigenvalue weighted by atomic mass is 9.97. The SMILES string of the molecule is Cl.O=C(c1ccc(OCCN2CCCCC2)cc1)c1c(-c2ccc(OP(=O)(c3ccccc3)c3ccccc3)cc2)sc2cc(OP(=O)(c3ccccc3)c3ccccc3)ccc12. The maximum atomic E-state index is 14.9. The highest BCUT2D eigenvalue weighted by atomic mass is 35.5. The van der Waals surface area contributed by atoms with Gasteiger partial charge < -0.3 is 13.8 Å². The molecule has 0 bridgehead atoms. The van der Waals surface area contributed by atoms with Crippen molar-refractivity contribution in [1.82, 2.24) is 4.90 Å². The van der Waals surface area contributed by atoms with Gasteiger partial charge in [-0.2, -0.15) is 0 Å². The number of benzene rings is 7. The molecule has 1 aromatic heterocycles. The van der Waals surface area contributed by atoms with Gasteiger partial charge in [0.25, 0.3) is 0 Å². The zero-order valence-electron chi connectivity index (χ0n) is 34.5. The Morgan fingerprint density at radius 3 is 1.51 bits per heavy atom. The lowest BCUT2D eigenvalue weighted by Gasteiger charge is -2.26. The Kier molecular flexibility index (Phi) is 13.8. The second kappa shape index (κ2) is 19.8. The van der Waals surface area contributed by atoms with Gasteiger partial charge in [0.1, 0.15) is 23.9 Å². The molecule has 1 aliphatic rings. The summed E-state index contributed by atoms with van der Waals surface area (Å²) in [6.45, 7) is 3.68. The molecule has 1 saturated heterocycles. The number of likely N-dealkylation sites (tertiary alicyclic amines) is 1. The highest BCUT2D eigenvalue weighted by molar-refractivity contribution is 7.75. The van der Waals surface area contributed by atoms with Gasteiger partial charge in [0.05, 0.1) is 21.2 Å². The van der Waals surface area contributed by atoms with Crippen LogP contribution in [0, 0.1) is 0 Å². The standard InChI is InChI=1S/C52H45NO6P2S.ClH/c54-51(39-24-28-41(29-25-39)57-37-36-53-34-14-5-15-35-53)50-48-33-32-43(59-61(56,46-20-10-3-11-21-46)47-22-12-4-13-23-47)38-49(48)62-52(50)40-26-30-42(31-27-40)58-60(55,44-16-6-1-7-17-44)45-18-8-2-9-19-45;/h1-4,6-13,16-33,38H,5,14-15,34-37H2;1H. The summed E-state index contributed by atoms with van der Waals surface area (Å²) in [7, 11) is -7.07. The number of hydrogen-bond donors (Lipinski definition) is 0. The number of rotatable bonds is 15. The van der Waals surface area contributed by atoms with E-state index in [4.69, 9.17) is 13.8 Å². The lowest BCUT2D eigenvalue weighted by molar-refractivity contribution is 0.104. The van der Waals surface area contributed by atoms with Crippen molar-refractivity contribution in [2.24, 2.45) is 0 Å². The van der Waals surface area contributed by atoms with Crippen molar-refractivity contribution in [3.63, 3.8) is 0 Å². The number of nitrogens with zero attached hydrogens (tertiary/aromatic N) is 1. The molecule has 9 rings (SSSR count). The molecule has 0 unspecified atom stereocenters. The number of fused-ring (bicyclic) bond motifs is 1. The van der Waals surface area contributed by atoms with Crippen LogP contribution < -0.4 is 35.0 Å². The third-order valence-electron chi connectivity index (χ3n) is 11.1. The molecule has 0 radical (unpaired) electrons. The molecule has 0 saturated carbocycles. The third kappa shape index (κ3) is 9.62. The van der Waals surface area contributed by atoms with Crippen molar-refractivity contribution in [1.29, 1.82) is 0 Å². The van der Waals surface area contributed by atoms with Gasteiger partial charge in [-0.15, -0.1) is 23.7 Å². The molecule has 7 aromatic carbocycles. The lowest BCUT2D eigenvalue weighted by Crippen LogP contribution is -2.33. The molecule has 0 amide bonds. The molecular formula is C52H46ClNO6P2S. The van der Waals surface area contributed by atoms with Gasteiger partial charge in [0, 0.05) is 32.6 Å². The normalized spacial score (nSPS) is 13.2. The Labute approximate surface area is 378 Å². The maximum absolute atomic E-state index is 14.9. The summed E-state index contributed by atoms with van der Waals surface area (Å²) in [4.78, 5) is 17.9. The van der Waals surface area contributed by atoms with Crippen LogP contribution in [0.15, 0.2) is 188 Å². The first-order valence-electron chi connectivity index (χ1n) is 20.9. The van der Waals surface area contributed by atoms with Crippen LogP contribution in [-0.2, 0) is 9.13 Å². The van der Waals surface area contributed by atoms with E-state index in [1.165, 1.54) is 30.6 Å². The van der Waals surface area contributed by atoms with Crippen molar-refractivity contribution >= 4 is 75.6 Å². The van der Waals surface area contributed by atoms with Crippen LogP contribution in [0.3, 0.4) is 0 Å². The summed E-state index contributed by atoms with van der Waals surface area (Å²) in [5.41, 5.74) is 1.85. The summed E-state index contributed by atoms with van der Waals surface area (Å²) in [6.07, 6.45) is 3.75. The summed E-state index contributed by atoms with van der Waals surface area (Å²) < 4.78 is 49.4. The smallest absolute Gasteiger partial charge is 0.306 e. The molecule has 0 spiro atoms. The van der Waals surface area contributed by atoms with Gasteiger partial charge in [0.15, 0.2) is 5.78 Å². The fraction of sp³-hybridized carbons (Fsp3) is 0.135. The first kappa shape index (κ1) is 43.9. The van der Waals surface area contributed by atoms with Crippen LogP contribution in [0.25, 0.3) is 20.5 Å². The fourth-order valence-corrected chi connectivity index (χ4v) is 13.2. The zero-order chi connectivity index (χ0) is 42.4. The fourth-order valence-electron chi connectivity index (χ4n) is 7.85. The van der Waals surface area contributed by atoms with Crippen molar-refractivity contribution < 1.29 is 27.7 Å². The predicted octanol–water partition coefficient (Wildman–Crippen LogP) is 11.7. The predicted molar refractivity (Wildman–Crippen MR) is 261 cm³/mol. The first-order valence-corrected chi connectivity index (χ1v) is 24.9. The number of halogens is 1. The van der Waals surface area contributed by atoms with Crippen LogP contribution in [-0.4, -0.2) is 36.9 Å². The van der Waals surface area contributed by atoms with Crippen LogP contribution in [0.1, 0.15) is 35.2 Å². The Hall–Kier alpha value is -5.72. The molecule has 11 heteroatoms. The van der Waals surface area contributed by atoms with Crippen molar-refractivity contribution in [3.8, 4) is 27.7 Å². The Morgan fingerprint density at radius 2 is 1.00 bits per heavy atom. The van der Waals surface area contributed by atoms with Crippen molar-refractivity contribution in [2.45, 2.75) is 19.3 Å². The summed E-state index contributed by atoms with van der Waals surface area (Å²) in [6, 6.07) is 57.2. The Balaban J connectivity index is 0.00000544. The monoisotopic (exact) mass is 909 g/mol. The molecular weight excluding hydrogens is 864 g/mol. The van der Waals surface area contributed by atoms with Crippen LogP contribution in [0.4, 0.5) is 0 Å². The number of ether oxygens (including phenoxy) is 1. The number of carbonyl (C=O) groups excluding carboxylic acids is 1. The van der Waals surface area contributed by atoms with E-state index >= 15 is 0 Å². The topological polar surface area (TPSA) is 82.1 Å². The second-order valence-electron chi connectivity index (χ2n) is 15.2.